The maximum Gasteiger partial charge on any atom is 0.298 e. The summed E-state index contributed by atoms with van der Waals surface area (Å²) in [6, 6.07) is 15.4. The lowest BCUT2D eigenvalue weighted by molar-refractivity contribution is 0.0943. The maximum absolute atomic E-state index is 12.1. The molecule has 5 nitrogen and oxygen atoms in total. The van der Waals surface area contributed by atoms with E-state index in [-0.39, 0.29) is 11.9 Å². The molecule has 1 amide bonds. The summed E-state index contributed by atoms with van der Waals surface area (Å²) < 4.78 is 10.1. The van der Waals surface area contributed by atoms with Gasteiger partial charge >= 0.3 is 0 Å². The molecule has 0 saturated carbocycles. The molecule has 0 unspecified atom stereocenters. The van der Waals surface area contributed by atoms with Crippen LogP contribution < -0.4 is 10.1 Å². The zero-order valence-electron chi connectivity index (χ0n) is 15.0. The zero-order chi connectivity index (χ0) is 18.5. The summed E-state index contributed by atoms with van der Waals surface area (Å²) in [5, 5.41) is 3.33. The zero-order valence-corrected chi connectivity index (χ0v) is 15.8. The van der Waals surface area contributed by atoms with Gasteiger partial charge in [0.2, 0.25) is 0 Å². The third-order valence-corrected chi connectivity index (χ3v) is 4.29. The quantitative estimate of drug-likeness (QED) is 0.703. The maximum atomic E-state index is 12.1. The fraction of sp³-hybridized carbons (Fsp3) is 0.250. The van der Waals surface area contributed by atoms with Crippen molar-refractivity contribution in [3.8, 4) is 10.9 Å². The predicted octanol–water partition coefficient (Wildman–Crippen LogP) is 4.37. The van der Waals surface area contributed by atoms with E-state index in [4.69, 9.17) is 4.74 Å². The van der Waals surface area contributed by atoms with E-state index < -0.39 is 0 Å². The fourth-order valence-corrected chi connectivity index (χ4v) is 2.96. The van der Waals surface area contributed by atoms with Gasteiger partial charge in [-0.3, -0.25) is 4.79 Å². The van der Waals surface area contributed by atoms with Crippen molar-refractivity contribution in [3.63, 3.8) is 0 Å². The van der Waals surface area contributed by atoms with Gasteiger partial charge in [-0.05, 0) is 44.5 Å². The minimum Gasteiger partial charge on any atom is -0.430 e. The number of amides is 1. The Hall–Kier alpha value is -2.73. The van der Waals surface area contributed by atoms with Crippen LogP contribution in [-0.2, 0) is 6.42 Å². The van der Waals surface area contributed by atoms with E-state index in [1.54, 1.807) is 24.3 Å². The minimum absolute atomic E-state index is 0.0829. The first-order valence-corrected chi connectivity index (χ1v) is 9.24. The molecule has 1 aromatic heterocycles. The van der Waals surface area contributed by atoms with Gasteiger partial charge in [0.25, 0.3) is 11.1 Å². The highest BCUT2D eigenvalue weighted by atomic mass is 32.1. The third kappa shape index (κ3) is 4.89. The second kappa shape index (κ2) is 8.10. The number of aryl methyl sites for hydroxylation is 1. The number of nitrogens with zero attached hydrogens (tertiary/aromatic N) is 2. The Kier molecular flexibility index (Phi) is 5.63. The van der Waals surface area contributed by atoms with Crippen molar-refractivity contribution in [2.24, 2.45) is 0 Å². The summed E-state index contributed by atoms with van der Waals surface area (Å²) in [6.07, 6.45) is 0.664. The molecule has 1 heterocycles. The fourth-order valence-electron chi connectivity index (χ4n) is 2.39. The van der Waals surface area contributed by atoms with E-state index >= 15 is 0 Å². The Labute approximate surface area is 157 Å². The second-order valence-corrected chi connectivity index (χ2v) is 7.11. The van der Waals surface area contributed by atoms with Gasteiger partial charge in [0.05, 0.1) is 0 Å². The molecule has 6 heteroatoms. The largest absolute Gasteiger partial charge is 0.430 e. The lowest BCUT2D eigenvalue weighted by atomic mass is 10.1. The van der Waals surface area contributed by atoms with Gasteiger partial charge in [-0.15, -0.1) is 0 Å². The lowest BCUT2D eigenvalue weighted by Gasteiger charge is -2.09. The predicted molar refractivity (Wildman–Crippen MR) is 103 cm³/mol. The van der Waals surface area contributed by atoms with Crippen LogP contribution in [0.3, 0.4) is 0 Å². The van der Waals surface area contributed by atoms with Crippen molar-refractivity contribution in [2.45, 2.75) is 33.2 Å². The second-order valence-electron chi connectivity index (χ2n) is 6.40. The van der Waals surface area contributed by atoms with Crippen LogP contribution in [0.2, 0.25) is 0 Å². The molecule has 0 aliphatic rings. The Morgan fingerprint density at radius 3 is 2.69 bits per heavy atom. The van der Waals surface area contributed by atoms with Gasteiger partial charge < -0.3 is 10.1 Å². The highest BCUT2D eigenvalue weighted by molar-refractivity contribution is 7.07. The first kappa shape index (κ1) is 18.1. The third-order valence-electron chi connectivity index (χ3n) is 3.65. The van der Waals surface area contributed by atoms with Gasteiger partial charge in [0, 0.05) is 29.6 Å². The van der Waals surface area contributed by atoms with Crippen LogP contribution in [0.1, 0.15) is 41.2 Å². The summed E-state index contributed by atoms with van der Waals surface area (Å²) >= 11 is 1.21. The number of nitrogens with one attached hydrogen (secondary N) is 1. The van der Waals surface area contributed by atoms with Crippen molar-refractivity contribution in [1.82, 2.24) is 14.7 Å². The lowest BCUT2D eigenvalue weighted by Crippen LogP contribution is -2.29. The minimum atomic E-state index is -0.122. The van der Waals surface area contributed by atoms with E-state index in [0.717, 1.165) is 11.4 Å². The number of carbonyl (C=O) groups is 1. The first-order valence-electron chi connectivity index (χ1n) is 8.46. The van der Waals surface area contributed by atoms with Crippen molar-refractivity contribution in [2.75, 3.05) is 0 Å². The summed E-state index contributed by atoms with van der Waals surface area (Å²) in [5.74, 6) is 1.17. The SMILES string of the molecule is Cc1ccc(Cc2nsc(Oc3cccc(C(=O)NC(C)C)c3)n2)cc1. The standard InChI is InChI=1S/C20H21N3O2S/c1-13(2)21-19(24)16-5-4-6-17(12-16)25-20-22-18(23-26-20)11-15-9-7-14(3)8-10-15/h4-10,12-13H,11H2,1-3H3,(H,21,24). The molecular formula is C20H21N3O2S. The van der Waals surface area contributed by atoms with E-state index in [2.05, 4.69) is 45.9 Å². The van der Waals surface area contributed by atoms with E-state index in [0.29, 0.717) is 22.9 Å². The van der Waals surface area contributed by atoms with Gasteiger partial charge in [0.15, 0.2) is 5.82 Å². The van der Waals surface area contributed by atoms with E-state index in [1.807, 2.05) is 13.8 Å². The topological polar surface area (TPSA) is 64.1 Å². The number of hydrogen-bond donors (Lipinski definition) is 1. The van der Waals surface area contributed by atoms with Crippen LogP contribution in [-0.4, -0.2) is 21.3 Å². The number of ether oxygens (including phenoxy) is 1. The Bertz CT molecular complexity index is 888. The smallest absolute Gasteiger partial charge is 0.298 e. The van der Waals surface area contributed by atoms with Crippen LogP contribution >= 0.6 is 11.5 Å². The average molecular weight is 367 g/mol. The summed E-state index contributed by atoms with van der Waals surface area (Å²) in [6.45, 7) is 5.91. The molecule has 0 atom stereocenters. The number of benzene rings is 2. The highest BCUT2D eigenvalue weighted by Gasteiger charge is 2.11. The normalized spacial score (nSPS) is 10.8. The number of aromatic nitrogens is 2. The molecular weight excluding hydrogens is 346 g/mol. The van der Waals surface area contributed by atoms with Crippen molar-refractivity contribution >= 4 is 17.4 Å². The molecule has 26 heavy (non-hydrogen) atoms. The van der Waals surface area contributed by atoms with Crippen LogP contribution in [0.5, 0.6) is 10.9 Å². The van der Waals surface area contributed by atoms with E-state index in [1.165, 1.54) is 17.1 Å². The first-order chi connectivity index (χ1) is 12.5. The van der Waals surface area contributed by atoms with Crippen molar-refractivity contribution in [1.29, 1.82) is 0 Å². The molecule has 0 saturated heterocycles. The van der Waals surface area contributed by atoms with Crippen LogP contribution in [0, 0.1) is 6.92 Å². The molecule has 134 valence electrons. The van der Waals surface area contributed by atoms with Crippen LogP contribution in [0.25, 0.3) is 0 Å². The van der Waals surface area contributed by atoms with Gasteiger partial charge in [0.1, 0.15) is 5.75 Å². The Balaban J connectivity index is 1.67. The molecule has 0 aliphatic carbocycles. The molecule has 3 aromatic rings. The van der Waals surface area contributed by atoms with Gasteiger partial charge in [-0.1, -0.05) is 35.9 Å². The Morgan fingerprint density at radius 2 is 1.96 bits per heavy atom. The molecule has 3 rings (SSSR count). The molecule has 0 radical (unpaired) electrons. The summed E-state index contributed by atoms with van der Waals surface area (Å²) in [7, 11) is 0. The summed E-state index contributed by atoms with van der Waals surface area (Å²) in [5.41, 5.74) is 2.94. The van der Waals surface area contributed by atoms with Crippen LogP contribution in [0.4, 0.5) is 0 Å². The molecule has 0 bridgehead atoms. The summed E-state index contributed by atoms with van der Waals surface area (Å²) in [4.78, 5) is 16.5. The molecule has 0 fully saturated rings. The molecule has 0 aliphatic heterocycles. The highest BCUT2D eigenvalue weighted by Crippen LogP contribution is 2.24. The van der Waals surface area contributed by atoms with E-state index in [9.17, 15) is 4.79 Å². The molecule has 2 aromatic carbocycles. The van der Waals surface area contributed by atoms with Gasteiger partial charge in [-0.2, -0.15) is 9.36 Å². The van der Waals surface area contributed by atoms with Crippen molar-refractivity contribution < 1.29 is 9.53 Å². The van der Waals surface area contributed by atoms with Gasteiger partial charge in [-0.25, -0.2) is 0 Å². The molecule has 0 spiro atoms. The Morgan fingerprint density at radius 1 is 1.19 bits per heavy atom. The number of hydrogen-bond acceptors (Lipinski definition) is 5. The molecule has 1 N–H and O–H groups in total. The van der Waals surface area contributed by atoms with Crippen molar-refractivity contribution in [3.05, 3.63) is 71.0 Å². The number of carbonyl (C=O) groups excluding carboxylic acids is 1. The van der Waals surface area contributed by atoms with Crippen LogP contribution in [0.15, 0.2) is 48.5 Å². The average Bonchev–Trinajstić information content (AvgIpc) is 3.03. The monoisotopic (exact) mass is 367 g/mol. The number of rotatable bonds is 6.